The lowest BCUT2D eigenvalue weighted by Gasteiger charge is -2.24. The molecule has 1 unspecified atom stereocenters. The molecule has 1 atom stereocenters. The molecule has 0 aliphatic carbocycles. The van der Waals surface area contributed by atoms with Crippen LogP contribution in [0.25, 0.3) is 21.8 Å². The molecule has 1 aromatic heterocycles. The predicted octanol–water partition coefficient (Wildman–Crippen LogP) is 3.70. The third-order valence-corrected chi connectivity index (χ3v) is 6.45. The maximum absolute atomic E-state index is 14.2. The molecule has 0 saturated heterocycles. The van der Waals surface area contributed by atoms with Crippen molar-refractivity contribution in [2.45, 2.75) is 12.6 Å². The highest BCUT2D eigenvalue weighted by Crippen LogP contribution is 2.29. The van der Waals surface area contributed by atoms with Gasteiger partial charge in [0.2, 0.25) is 10.0 Å². The van der Waals surface area contributed by atoms with Crippen LogP contribution >= 0.6 is 0 Å². The number of hydrogen-bond acceptors (Lipinski definition) is 4. The summed E-state index contributed by atoms with van der Waals surface area (Å²) in [5.41, 5.74) is 2.07. The molecule has 1 aliphatic rings. The van der Waals surface area contributed by atoms with Crippen LogP contribution in [0.3, 0.4) is 0 Å². The third kappa shape index (κ3) is 4.56. The zero-order chi connectivity index (χ0) is 22.0. The lowest BCUT2D eigenvalue weighted by molar-refractivity contribution is 0.133. The Morgan fingerprint density at radius 1 is 1.10 bits per heavy atom. The number of halogens is 1. The van der Waals surface area contributed by atoms with Crippen LogP contribution in [0.4, 0.5) is 4.39 Å². The molecule has 0 spiro atoms. The van der Waals surface area contributed by atoms with Crippen molar-refractivity contribution in [3.63, 3.8) is 0 Å². The summed E-state index contributed by atoms with van der Waals surface area (Å²) in [7, 11) is -3.69. The molecule has 162 valence electrons. The number of sulfonamides is 1. The Morgan fingerprint density at radius 3 is 2.32 bits per heavy atom. The summed E-state index contributed by atoms with van der Waals surface area (Å²) >= 11 is 0. The SMILES string of the molecule is CS(=O)(=O)N(CC1=CC=COC=C1F)CC(O)Cn1c2ccccc2c2ccccc21. The number of hydrogen-bond donors (Lipinski definition) is 1. The number of benzene rings is 2. The van der Waals surface area contributed by atoms with E-state index in [0.717, 1.165) is 38.6 Å². The summed E-state index contributed by atoms with van der Waals surface area (Å²) in [6.07, 6.45) is 5.22. The van der Waals surface area contributed by atoms with Crippen molar-refractivity contribution >= 4 is 31.8 Å². The number of para-hydroxylation sites is 2. The summed E-state index contributed by atoms with van der Waals surface area (Å²) in [5.74, 6) is -0.657. The van der Waals surface area contributed by atoms with Gasteiger partial charge < -0.3 is 14.4 Å². The Labute approximate surface area is 180 Å². The van der Waals surface area contributed by atoms with Crippen molar-refractivity contribution in [3.8, 4) is 0 Å². The Kier molecular flexibility index (Phi) is 5.95. The third-order valence-electron chi connectivity index (χ3n) is 5.24. The summed E-state index contributed by atoms with van der Waals surface area (Å²) in [4.78, 5) is 0. The standard InChI is InChI=1S/C23H23FN2O4S/c1-31(28,29)25(13-17-7-6-12-30-16-21(17)24)14-18(27)15-26-22-10-4-2-8-19(22)20-9-3-5-11-23(20)26/h2-12,16,18,27H,13-15H2,1H3. The molecule has 3 aromatic rings. The lowest BCUT2D eigenvalue weighted by Crippen LogP contribution is -2.39. The molecule has 0 saturated carbocycles. The first kappa shape index (κ1) is 21.3. The van der Waals surface area contributed by atoms with Crippen LogP contribution < -0.4 is 0 Å². The predicted molar refractivity (Wildman–Crippen MR) is 119 cm³/mol. The van der Waals surface area contributed by atoms with E-state index < -0.39 is 22.0 Å². The second-order valence-corrected chi connectivity index (χ2v) is 9.46. The first-order valence-corrected chi connectivity index (χ1v) is 11.7. The summed E-state index contributed by atoms with van der Waals surface area (Å²) < 4.78 is 46.8. The van der Waals surface area contributed by atoms with Crippen molar-refractivity contribution in [2.24, 2.45) is 0 Å². The largest absolute Gasteiger partial charge is 0.470 e. The fourth-order valence-corrected chi connectivity index (χ4v) is 4.61. The van der Waals surface area contributed by atoms with E-state index in [2.05, 4.69) is 0 Å². The van der Waals surface area contributed by atoms with E-state index in [1.807, 2.05) is 53.1 Å². The summed E-state index contributed by atoms with van der Waals surface area (Å²) in [6.45, 7) is -0.186. The van der Waals surface area contributed by atoms with Crippen LogP contribution in [0, 0.1) is 0 Å². The number of rotatable bonds is 7. The average molecular weight is 443 g/mol. The van der Waals surface area contributed by atoms with Crippen LogP contribution in [0.2, 0.25) is 0 Å². The molecule has 6 nitrogen and oxygen atoms in total. The number of aliphatic hydroxyl groups excluding tert-OH is 1. The van der Waals surface area contributed by atoms with Crippen LogP contribution in [-0.4, -0.2) is 47.8 Å². The Hall–Kier alpha value is -2.94. The van der Waals surface area contributed by atoms with Gasteiger partial charge in [-0.2, -0.15) is 4.31 Å². The van der Waals surface area contributed by atoms with Crippen molar-refractivity contribution < 1.29 is 22.7 Å². The molecule has 2 aromatic carbocycles. The Bertz CT molecular complexity index is 1250. The topological polar surface area (TPSA) is 71.8 Å². The van der Waals surface area contributed by atoms with E-state index in [0.29, 0.717) is 0 Å². The van der Waals surface area contributed by atoms with Gasteiger partial charge in [0.25, 0.3) is 0 Å². The molecule has 2 heterocycles. The molecule has 0 bridgehead atoms. The van der Waals surface area contributed by atoms with Gasteiger partial charge in [0.05, 0.1) is 25.2 Å². The van der Waals surface area contributed by atoms with Crippen molar-refractivity contribution in [3.05, 3.63) is 84.6 Å². The van der Waals surface area contributed by atoms with Gasteiger partial charge in [-0.15, -0.1) is 0 Å². The van der Waals surface area contributed by atoms with Crippen molar-refractivity contribution in [2.75, 3.05) is 19.3 Å². The minimum Gasteiger partial charge on any atom is -0.470 e. The maximum atomic E-state index is 14.2. The van der Waals surface area contributed by atoms with Crippen LogP contribution in [0.15, 0.2) is 84.6 Å². The van der Waals surface area contributed by atoms with Crippen LogP contribution in [0.5, 0.6) is 0 Å². The monoisotopic (exact) mass is 442 g/mol. The van der Waals surface area contributed by atoms with Gasteiger partial charge in [0.15, 0.2) is 5.83 Å². The molecule has 0 amide bonds. The zero-order valence-electron chi connectivity index (χ0n) is 17.0. The molecular weight excluding hydrogens is 419 g/mol. The lowest BCUT2D eigenvalue weighted by atomic mass is 10.2. The molecule has 0 fully saturated rings. The van der Waals surface area contributed by atoms with Crippen LogP contribution in [-0.2, 0) is 21.3 Å². The highest BCUT2D eigenvalue weighted by molar-refractivity contribution is 7.88. The second-order valence-electron chi connectivity index (χ2n) is 7.48. The quantitative estimate of drug-likeness (QED) is 0.606. The van der Waals surface area contributed by atoms with Gasteiger partial charge in [-0.05, 0) is 18.2 Å². The van der Waals surface area contributed by atoms with E-state index >= 15 is 0 Å². The fraction of sp³-hybridized carbons (Fsp3) is 0.217. The number of fused-ring (bicyclic) bond motifs is 3. The minimum absolute atomic E-state index is 0.156. The summed E-state index contributed by atoms with van der Waals surface area (Å²) in [6, 6.07) is 15.8. The van der Waals surface area contributed by atoms with Gasteiger partial charge >= 0.3 is 0 Å². The second kappa shape index (κ2) is 8.66. The smallest absolute Gasteiger partial charge is 0.211 e. The minimum atomic E-state index is -3.69. The number of ether oxygens (including phenoxy) is 1. The highest BCUT2D eigenvalue weighted by atomic mass is 32.2. The number of aliphatic hydroxyl groups is 1. The Morgan fingerprint density at radius 2 is 1.71 bits per heavy atom. The van der Waals surface area contributed by atoms with Gasteiger partial charge in [-0.1, -0.05) is 42.5 Å². The molecule has 0 radical (unpaired) electrons. The Balaban J connectivity index is 1.61. The van der Waals surface area contributed by atoms with E-state index in [9.17, 15) is 17.9 Å². The maximum Gasteiger partial charge on any atom is 0.211 e. The van der Waals surface area contributed by atoms with Gasteiger partial charge in [-0.25, -0.2) is 12.8 Å². The van der Waals surface area contributed by atoms with Crippen molar-refractivity contribution in [1.82, 2.24) is 8.87 Å². The molecular formula is C23H23FN2O4S. The number of nitrogens with zero attached hydrogens (tertiary/aromatic N) is 2. The van der Waals surface area contributed by atoms with Gasteiger partial charge in [0.1, 0.15) is 6.26 Å². The zero-order valence-corrected chi connectivity index (χ0v) is 17.8. The molecule has 8 heteroatoms. The van der Waals surface area contributed by atoms with E-state index in [1.54, 1.807) is 0 Å². The number of allylic oxidation sites excluding steroid dienone is 2. The molecule has 1 N–H and O–H groups in total. The summed E-state index contributed by atoms with van der Waals surface area (Å²) in [5, 5.41) is 13.0. The molecule has 4 rings (SSSR count). The van der Waals surface area contributed by atoms with Crippen molar-refractivity contribution in [1.29, 1.82) is 0 Å². The van der Waals surface area contributed by atoms with Crippen LogP contribution in [0.1, 0.15) is 0 Å². The average Bonchev–Trinajstić information content (AvgIpc) is 2.89. The normalized spacial score (nSPS) is 15.6. The van der Waals surface area contributed by atoms with E-state index in [-0.39, 0.29) is 25.2 Å². The highest BCUT2D eigenvalue weighted by Gasteiger charge is 2.24. The fourth-order valence-electron chi connectivity index (χ4n) is 3.79. The molecule has 31 heavy (non-hydrogen) atoms. The van der Waals surface area contributed by atoms with E-state index in [4.69, 9.17) is 4.74 Å². The van der Waals surface area contributed by atoms with E-state index in [1.165, 1.54) is 18.4 Å². The first-order chi connectivity index (χ1) is 14.8. The van der Waals surface area contributed by atoms with Gasteiger partial charge in [0, 0.05) is 40.5 Å². The van der Waals surface area contributed by atoms with Gasteiger partial charge in [-0.3, -0.25) is 0 Å². The number of aromatic nitrogens is 1. The first-order valence-electron chi connectivity index (χ1n) is 9.81. The molecule has 1 aliphatic heterocycles.